The van der Waals surface area contributed by atoms with Crippen molar-refractivity contribution in [3.63, 3.8) is 0 Å². The predicted octanol–water partition coefficient (Wildman–Crippen LogP) is 1.89. The number of aromatic nitrogens is 2. The molecule has 0 spiro atoms. The number of piperazine rings is 1. The highest BCUT2D eigenvalue weighted by atomic mass is 19.4. The van der Waals surface area contributed by atoms with Gasteiger partial charge in [0, 0.05) is 37.4 Å². The topological polar surface area (TPSA) is 152 Å². The molecular weight excluding hydrogens is 481 g/mol. The average Bonchev–Trinajstić information content (AvgIpc) is 2.81. The van der Waals surface area contributed by atoms with Gasteiger partial charge in [-0.1, -0.05) is 0 Å². The SMILES string of the molecule is CCOc1nc(N)nc(N[C@@H](C)C(=O)Nc2cc(C(=O)N3CCN(C)CC3)cc(C(F)(F)F)c2)c1N. The molecule has 0 aliphatic carbocycles. The highest BCUT2D eigenvalue weighted by molar-refractivity contribution is 5.99. The summed E-state index contributed by atoms with van der Waals surface area (Å²) >= 11 is 0. The molecule has 0 unspecified atom stereocenters. The Morgan fingerprint density at radius 1 is 1.14 bits per heavy atom. The van der Waals surface area contributed by atoms with Gasteiger partial charge in [0.2, 0.25) is 17.7 Å². The fraction of sp³-hybridized carbons (Fsp3) is 0.455. The van der Waals surface area contributed by atoms with E-state index in [4.69, 9.17) is 16.2 Å². The smallest absolute Gasteiger partial charge is 0.416 e. The van der Waals surface area contributed by atoms with E-state index in [0.29, 0.717) is 26.2 Å². The summed E-state index contributed by atoms with van der Waals surface area (Å²) in [6.07, 6.45) is -4.72. The van der Waals surface area contributed by atoms with Crippen LogP contribution in [-0.2, 0) is 11.0 Å². The molecule has 3 rings (SSSR count). The van der Waals surface area contributed by atoms with Gasteiger partial charge in [-0.3, -0.25) is 9.59 Å². The molecule has 0 saturated carbocycles. The summed E-state index contributed by atoms with van der Waals surface area (Å²) in [5, 5.41) is 5.18. The Kier molecular flexibility index (Phi) is 8.07. The molecule has 36 heavy (non-hydrogen) atoms. The van der Waals surface area contributed by atoms with E-state index in [2.05, 4.69) is 20.6 Å². The normalized spacial score (nSPS) is 15.3. The van der Waals surface area contributed by atoms with Gasteiger partial charge >= 0.3 is 6.18 Å². The van der Waals surface area contributed by atoms with Crippen molar-refractivity contribution in [2.45, 2.75) is 26.1 Å². The van der Waals surface area contributed by atoms with Crippen molar-refractivity contribution in [1.82, 2.24) is 19.8 Å². The molecule has 1 fully saturated rings. The van der Waals surface area contributed by atoms with Crippen LogP contribution >= 0.6 is 0 Å². The lowest BCUT2D eigenvalue weighted by molar-refractivity contribution is -0.137. The number of benzene rings is 1. The Balaban J connectivity index is 1.81. The molecule has 2 aromatic rings. The van der Waals surface area contributed by atoms with Crippen LogP contribution in [0.15, 0.2) is 18.2 Å². The van der Waals surface area contributed by atoms with Gasteiger partial charge in [-0.05, 0) is 39.1 Å². The monoisotopic (exact) mass is 510 g/mol. The number of hydrogen-bond acceptors (Lipinski definition) is 9. The highest BCUT2D eigenvalue weighted by Crippen LogP contribution is 2.33. The summed E-state index contributed by atoms with van der Waals surface area (Å²) in [4.78, 5) is 37.1. The number of amides is 2. The number of carbonyl (C=O) groups excluding carboxylic acids is 2. The van der Waals surface area contributed by atoms with Gasteiger partial charge in [0.15, 0.2) is 5.82 Å². The third-order valence-electron chi connectivity index (χ3n) is 5.52. The molecule has 196 valence electrons. The van der Waals surface area contributed by atoms with Crippen molar-refractivity contribution in [2.24, 2.45) is 0 Å². The zero-order valence-electron chi connectivity index (χ0n) is 20.1. The lowest BCUT2D eigenvalue weighted by Gasteiger charge is -2.32. The fourth-order valence-corrected chi connectivity index (χ4v) is 3.52. The molecule has 1 aliphatic rings. The van der Waals surface area contributed by atoms with Gasteiger partial charge in [0.1, 0.15) is 11.7 Å². The Morgan fingerprint density at radius 2 is 1.81 bits per heavy atom. The maximum absolute atomic E-state index is 13.6. The Labute approximate surface area is 206 Å². The van der Waals surface area contributed by atoms with Gasteiger partial charge < -0.3 is 36.6 Å². The van der Waals surface area contributed by atoms with Crippen LogP contribution in [0, 0.1) is 0 Å². The number of nitrogens with zero attached hydrogens (tertiary/aromatic N) is 4. The lowest BCUT2D eigenvalue weighted by atomic mass is 10.1. The summed E-state index contributed by atoms with van der Waals surface area (Å²) in [6.45, 7) is 5.44. The van der Waals surface area contributed by atoms with Crippen molar-refractivity contribution >= 4 is 35.0 Å². The van der Waals surface area contributed by atoms with Crippen LogP contribution in [0.3, 0.4) is 0 Å². The van der Waals surface area contributed by atoms with Crippen molar-refractivity contribution in [3.8, 4) is 5.88 Å². The van der Waals surface area contributed by atoms with E-state index in [1.165, 1.54) is 17.9 Å². The Morgan fingerprint density at radius 3 is 2.42 bits per heavy atom. The molecule has 2 heterocycles. The van der Waals surface area contributed by atoms with Crippen LogP contribution < -0.4 is 26.8 Å². The van der Waals surface area contributed by atoms with Gasteiger partial charge in [0.25, 0.3) is 5.91 Å². The van der Waals surface area contributed by atoms with E-state index < -0.39 is 29.6 Å². The number of carbonyl (C=O) groups is 2. The number of halogens is 3. The average molecular weight is 511 g/mol. The van der Waals surface area contributed by atoms with Gasteiger partial charge in [-0.15, -0.1) is 0 Å². The van der Waals surface area contributed by atoms with Crippen molar-refractivity contribution in [2.75, 3.05) is 61.9 Å². The molecule has 0 bridgehead atoms. The van der Waals surface area contributed by atoms with Gasteiger partial charge in [-0.2, -0.15) is 23.1 Å². The van der Waals surface area contributed by atoms with Crippen LogP contribution in [0.2, 0.25) is 0 Å². The number of ether oxygens (including phenoxy) is 1. The zero-order chi connectivity index (χ0) is 26.6. The van der Waals surface area contributed by atoms with Crippen LogP contribution in [0.25, 0.3) is 0 Å². The number of anilines is 4. The highest BCUT2D eigenvalue weighted by Gasteiger charge is 2.33. The number of alkyl halides is 3. The van der Waals surface area contributed by atoms with Crippen LogP contribution in [-0.4, -0.2) is 77.5 Å². The maximum atomic E-state index is 13.6. The minimum Gasteiger partial charge on any atom is -0.476 e. The van der Waals surface area contributed by atoms with Crippen molar-refractivity contribution < 1.29 is 27.5 Å². The van der Waals surface area contributed by atoms with Crippen LogP contribution in [0.1, 0.15) is 29.8 Å². The second kappa shape index (κ2) is 10.8. The predicted molar refractivity (Wildman–Crippen MR) is 129 cm³/mol. The number of nitrogens with one attached hydrogen (secondary N) is 2. The molecule has 1 aliphatic heterocycles. The van der Waals surface area contributed by atoms with Crippen LogP contribution in [0.4, 0.5) is 36.3 Å². The summed E-state index contributed by atoms with van der Waals surface area (Å²) in [5.74, 6) is -1.31. The molecule has 11 nitrogen and oxygen atoms in total. The zero-order valence-corrected chi connectivity index (χ0v) is 20.1. The third-order valence-corrected chi connectivity index (χ3v) is 5.52. The Bertz CT molecular complexity index is 1120. The van der Waals surface area contributed by atoms with Gasteiger partial charge in [-0.25, -0.2) is 0 Å². The standard InChI is InChI=1S/C22H29F3N8O3/c1-4-36-19-16(26)17(30-21(27)31-19)28-12(2)18(34)29-15-10-13(9-14(11-15)22(23,24)25)20(35)33-7-5-32(3)6-8-33/h9-12H,4-8,26H2,1-3H3,(H,29,34)(H3,27,28,30,31)/t12-/m0/s1. The van der Waals surface area contributed by atoms with E-state index in [-0.39, 0.29) is 41.2 Å². The fourth-order valence-electron chi connectivity index (χ4n) is 3.52. The third kappa shape index (κ3) is 6.44. The second-order valence-electron chi connectivity index (χ2n) is 8.33. The van der Waals surface area contributed by atoms with Crippen molar-refractivity contribution in [3.05, 3.63) is 29.3 Å². The quantitative estimate of drug-likeness (QED) is 0.438. The molecule has 2 amide bonds. The molecular formula is C22H29F3N8O3. The summed E-state index contributed by atoms with van der Waals surface area (Å²) in [5.41, 5.74) is 10.3. The van der Waals surface area contributed by atoms with Gasteiger partial charge in [0.05, 0.1) is 12.2 Å². The Hall–Kier alpha value is -3.81. The first-order valence-corrected chi connectivity index (χ1v) is 11.2. The van der Waals surface area contributed by atoms with E-state index >= 15 is 0 Å². The number of nitrogen functional groups attached to an aromatic ring is 2. The molecule has 1 atom stereocenters. The summed E-state index contributed by atoms with van der Waals surface area (Å²) in [6, 6.07) is 1.79. The van der Waals surface area contributed by atoms with E-state index in [1.807, 2.05) is 11.9 Å². The van der Waals surface area contributed by atoms with Crippen molar-refractivity contribution in [1.29, 1.82) is 0 Å². The second-order valence-corrected chi connectivity index (χ2v) is 8.33. The molecule has 1 aromatic carbocycles. The number of nitrogens with two attached hydrogens (primary N) is 2. The minimum absolute atomic E-state index is 0.0184. The summed E-state index contributed by atoms with van der Waals surface area (Å²) in [7, 11) is 1.90. The molecule has 1 aromatic heterocycles. The number of hydrogen-bond donors (Lipinski definition) is 4. The largest absolute Gasteiger partial charge is 0.476 e. The van der Waals surface area contributed by atoms with E-state index in [1.54, 1.807) is 6.92 Å². The van der Waals surface area contributed by atoms with E-state index in [0.717, 1.165) is 12.1 Å². The first-order valence-electron chi connectivity index (χ1n) is 11.2. The van der Waals surface area contributed by atoms with Crippen LogP contribution in [0.5, 0.6) is 5.88 Å². The molecule has 1 saturated heterocycles. The molecule has 14 heteroatoms. The number of rotatable bonds is 7. The number of likely N-dealkylation sites (N-methyl/N-ethyl adjacent to an activating group) is 1. The first-order chi connectivity index (χ1) is 16.9. The maximum Gasteiger partial charge on any atom is 0.416 e. The minimum atomic E-state index is -4.72. The summed E-state index contributed by atoms with van der Waals surface area (Å²) < 4.78 is 46.0. The molecule has 6 N–H and O–H groups in total. The van der Waals surface area contributed by atoms with E-state index in [9.17, 15) is 22.8 Å². The molecule has 0 radical (unpaired) electrons. The lowest BCUT2D eigenvalue weighted by Crippen LogP contribution is -2.47. The first kappa shape index (κ1) is 26.8.